The predicted molar refractivity (Wildman–Crippen MR) is 74.1 cm³/mol. The molecule has 0 atom stereocenters. The van der Waals surface area contributed by atoms with Gasteiger partial charge in [0.1, 0.15) is 0 Å². The molecule has 2 rings (SSSR count). The zero-order chi connectivity index (χ0) is 13.7. The molecule has 1 heterocycles. The predicted octanol–water partition coefficient (Wildman–Crippen LogP) is 3.53. The number of halogens is 1. The van der Waals surface area contributed by atoms with E-state index in [1.807, 2.05) is 18.2 Å². The molecular weight excluding hydrogens is 266 g/mol. The molecular formula is C14H16ClNO3. The normalized spacial score (nSPS) is 10.5. The van der Waals surface area contributed by atoms with Gasteiger partial charge in [-0.2, -0.15) is 0 Å². The van der Waals surface area contributed by atoms with Gasteiger partial charge in [-0.15, -0.1) is 11.6 Å². The Morgan fingerprint density at radius 2 is 2.00 bits per heavy atom. The zero-order valence-corrected chi connectivity index (χ0v) is 11.7. The molecule has 2 aromatic rings. The van der Waals surface area contributed by atoms with E-state index in [4.69, 9.17) is 25.5 Å². The molecule has 0 aliphatic heterocycles. The van der Waals surface area contributed by atoms with Gasteiger partial charge in [-0.1, -0.05) is 0 Å². The van der Waals surface area contributed by atoms with E-state index in [1.54, 1.807) is 20.4 Å². The highest BCUT2D eigenvalue weighted by Crippen LogP contribution is 2.32. The monoisotopic (exact) mass is 281 g/mol. The Balaban J connectivity index is 2.23. The fourth-order valence-electron chi connectivity index (χ4n) is 1.77. The van der Waals surface area contributed by atoms with Gasteiger partial charge in [0, 0.05) is 17.9 Å². The van der Waals surface area contributed by atoms with Crippen molar-refractivity contribution in [3.8, 4) is 22.8 Å². The SMILES string of the molecule is COc1ccc(-c2cnc(CCCCl)o2)cc1OC. The van der Waals surface area contributed by atoms with Crippen LogP contribution in [0.5, 0.6) is 11.5 Å². The molecule has 0 saturated carbocycles. The fraction of sp³-hybridized carbons (Fsp3) is 0.357. The van der Waals surface area contributed by atoms with Crippen molar-refractivity contribution >= 4 is 11.6 Å². The van der Waals surface area contributed by atoms with E-state index in [1.165, 1.54) is 0 Å². The van der Waals surface area contributed by atoms with E-state index < -0.39 is 0 Å². The van der Waals surface area contributed by atoms with Crippen molar-refractivity contribution in [2.24, 2.45) is 0 Å². The highest BCUT2D eigenvalue weighted by molar-refractivity contribution is 6.17. The van der Waals surface area contributed by atoms with E-state index in [0.29, 0.717) is 29.0 Å². The largest absolute Gasteiger partial charge is 0.493 e. The van der Waals surface area contributed by atoms with Gasteiger partial charge in [0.15, 0.2) is 23.1 Å². The lowest BCUT2D eigenvalue weighted by Gasteiger charge is -2.08. The molecule has 0 amide bonds. The van der Waals surface area contributed by atoms with Crippen LogP contribution in [0.4, 0.5) is 0 Å². The van der Waals surface area contributed by atoms with Crippen LogP contribution in [0.25, 0.3) is 11.3 Å². The number of aromatic nitrogens is 1. The highest BCUT2D eigenvalue weighted by atomic mass is 35.5. The minimum atomic E-state index is 0.605. The van der Waals surface area contributed by atoms with Gasteiger partial charge in [-0.3, -0.25) is 0 Å². The van der Waals surface area contributed by atoms with E-state index in [9.17, 15) is 0 Å². The van der Waals surface area contributed by atoms with Crippen molar-refractivity contribution in [1.29, 1.82) is 0 Å². The number of methoxy groups -OCH3 is 2. The Morgan fingerprint density at radius 3 is 2.68 bits per heavy atom. The molecule has 19 heavy (non-hydrogen) atoms. The minimum absolute atomic E-state index is 0.605. The number of hydrogen-bond acceptors (Lipinski definition) is 4. The van der Waals surface area contributed by atoms with Crippen LogP contribution in [0.2, 0.25) is 0 Å². The topological polar surface area (TPSA) is 44.5 Å². The summed E-state index contributed by atoms with van der Waals surface area (Å²) in [5.41, 5.74) is 0.905. The minimum Gasteiger partial charge on any atom is -0.493 e. The summed E-state index contributed by atoms with van der Waals surface area (Å²) in [6, 6.07) is 5.62. The summed E-state index contributed by atoms with van der Waals surface area (Å²) in [7, 11) is 3.21. The lowest BCUT2D eigenvalue weighted by Crippen LogP contribution is -1.90. The Labute approximate surface area is 117 Å². The summed E-state index contributed by atoms with van der Waals surface area (Å²) in [6.07, 6.45) is 3.31. The molecule has 0 unspecified atom stereocenters. The van der Waals surface area contributed by atoms with E-state index in [2.05, 4.69) is 4.98 Å². The molecule has 1 aromatic carbocycles. The average molecular weight is 282 g/mol. The van der Waals surface area contributed by atoms with Crippen LogP contribution >= 0.6 is 11.6 Å². The van der Waals surface area contributed by atoms with Crippen molar-refractivity contribution in [2.45, 2.75) is 12.8 Å². The second-order valence-corrected chi connectivity index (χ2v) is 4.36. The summed E-state index contributed by atoms with van der Waals surface area (Å²) in [4.78, 5) is 4.23. The molecule has 0 bridgehead atoms. The molecule has 0 radical (unpaired) electrons. The number of benzene rings is 1. The van der Waals surface area contributed by atoms with Crippen LogP contribution in [0.3, 0.4) is 0 Å². The lowest BCUT2D eigenvalue weighted by molar-refractivity contribution is 0.355. The fourth-order valence-corrected chi connectivity index (χ4v) is 1.90. The van der Waals surface area contributed by atoms with Crippen molar-refractivity contribution in [3.63, 3.8) is 0 Å². The maximum atomic E-state index is 5.68. The number of oxazole rings is 1. The van der Waals surface area contributed by atoms with Crippen LogP contribution in [-0.2, 0) is 6.42 Å². The second kappa shape index (κ2) is 6.48. The molecule has 0 aliphatic carbocycles. The quantitative estimate of drug-likeness (QED) is 0.760. The summed E-state index contributed by atoms with van der Waals surface area (Å²) in [5.74, 6) is 3.37. The third-order valence-corrected chi connectivity index (χ3v) is 3.01. The van der Waals surface area contributed by atoms with E-state index in [-0.39, 0.29) is 0 Å². The summed E-state index contributed by atoms with van der Waals surface area (Å²) in [5, 5.41) is 0. The smallest absolute Gasteiger partial charge is 0.194 e. The van der Waals surface area contributed by atoms with Crippen LogP contribution in [0.15, 0.2) is 28.8 Å². The standard InChI is InChI=1S/C14H16ClNO3/c1-17-11-6-5-10(8-12(11)18-2)13-9-16-14(19-13)4-3-7-15/h5-6,8-9H,3-4,7H2,1-2H3. The Kier molecular flexibility index (Phi) is 4.68. The molecule has 0 spiro atoms. The number of nitrogens with zero attached hydrogens (tertiary/aromatic N) is 1. The maximum Gasteiger partial charge on any atom is 0.194 e. The Morgan fingerprint density at radius 1 is 1.21 bits per heavy atom. The van der Waals surface area contributed by atoms with Gasteiger partial charge in [0.25, 0.3) is 0 Å². The average Bonchev–Trinajstić information content (AvgIpc) is 2.93. The first-order valence-electron chi connectivity index (χ1n) is 6.01. The molecule has 1 aromatic heterocycles. The molecule has 0 aliphatic rings. The number of alkyl halides is 1. The van der Waals surface area contributed by atoms with Crippen LogP contribution in [-0.4, -0.2) is 25.1 Å². The molecule has 102 valence electrons. The van der Waals surface area contributed by atoms with Crippen molar-refractivity contribution < 1.29 is 13.9 Å². The van der Waals surface area contributed by atoms with Crippen LogP contribution in [0.1, 0.15) is 12.3 Å². The summed E-state index contributed by atoms with van der Waals surface area (Å²) in [6.45, 7) is 0. The number of hydrogen-bond donors (Lipinski definition) is 0. The van der Waals surface area contributed by atoms with Gasteiger partial charge in [0.05, 0.1) is 20.4 Å². The van der Waals surface area contributed by atoms with Crippen LogP contribution in [0, 0.1) is 0 Å². The van der Waals surface area contributed by atoms with E-state index >= 15 is 0 Å². The first-order chi connectivity index (χ1) is 9.28. The van der Waals surface area contributed by atoms with Gasteiger partial charge in [0.2, 0.25) is 0 Å². The van der Waals surface area contributed by atoms with Crippen molar-refractivity contribution in [1.82, 2.24) is 4.98 Å². The molecule has 0 N–H and O–H groups in total. The van der Waals surface area contributed by atoms with Crippen molar-refractivity contribution in [3.05, 3.63) is 30.3 Å². The summed E-state index contributed by atoms with van der Waals surface area (Å²) >= 11 is 5.65. The molecule has 0 saturated heterocycles. The van der Waals surface area contributed by atoms with Crippen LogP contribution < -0.4 is 9.47 Å². The first kappa shape index (κ1) is 13.7. The van der Waals surface area contributed by atoms with E-state index in [0.717, 1.165) is 18.4 Å². The molecule has 0 fully saturated rings. The Hall–Kier alpha value is -1.68. The van der Waals surface area contributed by atoms with Gasteiger partial charge < -0.3 is 13.9 Å². The lowest BCUT2D eigenvalue weighted by atomic mass is 10.1. The molecule has 4 nitrogen and oxygen atoms in total. The third-order valence-electron chi connectivity index (χ3n) is 2.75. The van der Waals surface area contributed by atoms with Gasteiger partial charge in [-0.05, 0) is 24.6 Å². The maximum absolute atomic E-state index is 5.68. The number of rotatable bonds is 6. The number of aryl methyl sites for hydroxylation is 1. The first-order valence-corrected chi connectivity index (χ1v) is 6.55. The highest BCUT2D eigenvalue weighted by Gasteiger charge is 2.10. The van der Waals surface area contributed by atoms with Crippen molar-refractivity contribution in [2.75, 3.05) is 20.1 Å². The third kappa shape index (κ3) is 3.20. The Bertz CT molecular complexity index is 539. The van der Waals surface area contributed by atoms with Gasteiger partial charge >= 0.3 is 0 Å². The number of ether oxygens (including phenoxy) is 2. The summed E-state index contributed by atoms with van der Waals surface area (Å²) < 4.78 is 16.1. The second-order valence-electron chi connectivity index (χ2n) is 3.98. The van der Waals surface area contributed by atoms with Gasteiger partial charge in [-0.25, -0.2) is 4.98 Å². The zero-order valence-electron chi connectivity index (χ0n) is 11.0. The molecule has 5 heteroatoms.